The van der Waals surface area contributed by atoms with Gasteiger partial charge in [0.2, 0.25) is 5.78 Å². The second-order valence-corrected chi connectivity index (χ2v) is 2.43. The molecule has 1 heterocycles. The normalized spacial score (nSPS) is 22.0. The van der Waals surface area contributed by atoms with Crippen LogP contribution >= 0.6 is 0 Å². The van der Waals surface area contributed by atoms with E-state index in [1.807, 2.05) is 0 Å². The van der Waals surface area contributed by atoms with Crippen LogP contribution in [0.4, 0.5) is 0 Å². The summed E-state index contributed by atoms with van der Waals surface area (Å²) >= 11 is 0. The molecule has 1 fully saturated rings. The van der Waals surface area contributed by atoms with E-state index in [2.05, 4.69) is 5.32 Å². The largest absolute Gasteiger partial charge is 0.310 e. The van der Waals surface area contributed by atoms with Crippen LogP contribution in [-0.4, -0.2) is 36.7 Å². The number of carbonyl (C=O) groups is 1. The summed E-state index contributed by atoms with van der Waals surface area (Å²) in [6.07, 6.45) is 0.830. The minimum atomic E-state index is -0.0188. The lowest BCUT2D eigenvalue weighted by molar-refractivity contribution is -0.538. The quantitative estimate of drug-likeness (QED) is 0.457. The fourth-order valence-electron chi connectivity index (χ4n) is 0.940. The zero-order valence-electron chi connectivity index (χ0n) is 5.80. The van der Waals surface area contributed by atoms with E-state index in [4.69, 9.17) is 0 Å². The van der Waals surface area contributed by atoms with Crippen LogP contribution in [0.1, 0.15) is 6.42 Å². The molecule has 0 amide bonds. The molecule has 1 saturated heterocycles. The number of hydrogen-bond acceptors (Lipinski definition) is 3. The highest BCUT2D eigenvalue weighted by Gasteiger charge is 2.16. The van der Waals surface area contributed by atoms with E-state index < -0.39 is 0 Å². The Balaban J connectivity index is 2.40. The van der Waals surface area contributed by atoms with Gasteiger partial charge in [0.1, 0.15) is 0 Å². The molecule has 4 nitrogen and oxygen atoms in total. The Morgan fingerprint density at radius 1 is 1.50 bits per heavy atom. The summed E-state index contributed by atoms with van der Waals surface area (Å²) in [5.41, 5.74) is 0. The van der Waals surface area contributed by atoms with E-state index in [0.717, 1.165) is 17.7 Å². The van der Waals surface area contributed by atoms with Crippen molar-refractivity contribution in [3.8, 4) is 0 Å². The van der Waals surface area contributed by atoms with Gasteiger partial charge in [-0.2, -0.15) is 0 Å². The van der Waals surface area contributed by atoms with Gasteiger partial charge in [-0.3, -0.25) is 4.79 Å². The molecule has 0 atom stereocenters. The van der Waals surface area contributed by atoms with E-state index in [-0.39, 0.29) is 12.3 Å². The van der Waals surface area contributed by atoms with Crippen molar-refractivity contribution in [1.82, 2.24) is 5.32 Å². The number of carbonyl (C=O) groups excluding carboxylic acids is 1. The molecule has 0 aliphatic carbocycles. The molecule has 4 heteroatoms. The van der Waals surface area contributed by atoms with Gasteiger partial charge in [0.05, 0.1) is 6.54 Å². The summed E-state index contributed by atoms with van der Waals surface area (Å²) in [6, 6.07) is 0. The molecule has 1 N–H and O–H groups in total. The van der Waals surface area contributed by atoms with Crippen LogP contribution in [-0.2, 0) is 4.79 Å². The van der Waals surface area contributed by atoms with Gasteiger partial charge in [0.25, 0.3) is 6.54 Å². The third-order valence-corrected chi connectivity index (χ3v) is 1.44. The number of nitroso groups, excluding NO2 is 1. The number of nitrogens with zero attached hydrogens (tertiary/aromatic N) is 1. The molecule has 1 aliphatic rings. The molecular weight excluding hydrogens is 132 g/mol. The number of ketones is 1. The maximum atomic E-state index is 10.7. The van der Waals surface area contributed by atoms with Crippen molar-refractivity contribution in [2.45, 2.75) is 6.42 Å². The first-order valence-electron chi connectivity index (χ1n) is 3.43. The van der Waals surface area contributed by atoms with Crippen LogP contribution < -0.4 is 5.32 Å². The van der Waals surface area contributed by atoms with Gasteiger partial charge in [-0.05, 0) is 0 Å². The van der Waals surface area contributed by atoms with Gasteiger partial charge in [0.15, 0.2) is 6.54 Å². The molecule has 0 aromatic rings. The first-order valence-corrected chi connectivity index (χ1v) is 3.43. The predicted molar refractivity (Wildman–Crippen MR) is 35.9 cm³/mol. The summed E-state index contributed by atoms with van der Waals surface area (Å²) in [5.74, 6) is -0.0188. The molecule has 0 saturated carbocycles. The van der Waals surface area contributed by atoms with Crippen LogP contribution in [0.5, 0.6) is 0 Å². The van der Waals surface area contributed by atoms with Gasteiger partial charge < -0.3 is 5.32 Å². The van der Waals surface area contributed by atoms with Gasteiger partial charge in [-0.15, -0.1) is 0 Å². The summed E-state index contributed by atoms with van der Waals surface area (Å²) in [6.45, 7) is 1.63. The standard InChI is InChI=1S/C6H11N2O2/c9-6-4-7-2-1-3-8(10)5-6/h7H,1-5H2/q+1. The number of Topliss-reactive ketones (excluding diaryl/α,β-unsaturated/α-hetero) is 1. The average Bonchev–Trinajstić information content (AvgIpc) is 1.83. The fraction of sp³-hybridized carbons (Fsp3) is 0.833. The average molecular weight is 143 g/mol. The maximum Gasteiger partial charge on any atom is 0.250 e. The number of nitrogens with one attached hydrogen (secondary N) is 1. The first-order chi connectivity index (χ1) is 4.79. The van der Waals surface area contributed by atoms with Gasteiger partial charge in [0, 0.05) is 22.6 Å². The lowest BCUT2D eigenvalue weighted by Gasteiger charge is -2.03. The Labute approximate surface area is 59.2 Å². The molecule has 0 bridgehead atoms. The van der Waals surface area contributed by atoms with E-state index in [1.54, 1.807) is 0 Å². The molecule has 10 heavy (non-hydrogen) atoms. The Hall–Kier alpha value is -0.770. The second-order valence-electron chi connectivity index (χ2n) is 2.43. The minimum absolute atomic E-state index is 0.0188. The third-order valence-electron chi connectivity index (χ3n) is 1.44. The summed E-state index contributed by atoms with van der Waals surface area (Å²) < 4.78 is 0.823. The molecule has 0 aromatic heterocycles. The summed E-state index contributed by atoms with van der Waals surface area (Å²) in [5, 5.41) is 2.94. The van der Waals surface area contributed by atoms with E-state index in [1.165, 1.54) is 0 Å². The van der Waals surface area contributed by atoms with Crippen LogP contribution in [0.3, 0.4) is 0 Å². The molecular formula is C6H11N2O2+. The lowest BCUT2D eigenvalue weighted by atomic mass is 10.3. The molecule has 0 aromatic carbocycles. The zero-order valence-corrected chi connectivity index (χ0v) is 5.80. The minimum Gasteiger partial charge on any atom is -0.310 e. The maximum absolute atomic E-state index is 10.7. The van der Waals surface area contributed by atoms with Crippen molar-refractivity contribution in [3.63, 3.8) is 0 Å². The lowest BCUT2D eigenvalue weighted by Crippen LogP contribution is -2.34. The van der Waals surface area contributed by atoms with Crippen molar-refractivity contribution < 1.29 is 9.55 Å². The third kappa shape index (κ3) is 2.23. The summed E-state index contributed by atoms with van der Waals surface area (Å²) in [7, 11) is 0. The Kier molecular flexibility index (Phi) is 2.50. The molecule has 0 unspecified atom stereocenters. The second kappa shape index (κ2) is 3.41. The highest BCUT2D eigenvalue weighted by atomic mass is 16.3. The monoisotopic (exact) mass is 143 g/mol. The molecule has 1 aliphatic heterocycles. The van der Waals surface area contributed by atoms with E-state index in [0.29, 0.717) is 13.1 Å². The number of rotatable bonds is 0. The van der Waals surface area contributed by atoms with Crippen molar-refractivity contribution in [2.75, 3.05) is 26.2 Å². The smallest absolute Gasteiger partial charge is 0.250 e. The SMILES string of the molecule is O=C1CNCCC[N+](=O)C1. The summed E-state index contributed by atoms with van der Waals surface area (Å²) in [4.78, 5) is 21.5. The Morgan fingerprint density at radius 2 is 2.30 bits per heavy atom. The molecule has 0 radical (unpaired) electrons. The molecule has 56 valence electrons. The van der Waals surface area contributed by atoms with Crippen LogP contribution in [0.2, 0.25) is 0 Å². The van der Waals surface area contributed by atoms with Gasteiger partial charge in [-0.1, -0.05) is 0 Å². The topological polar surface area (TPSA) is 49.2 Å². The van der Waals surface area contributed by atoms with Crippen molar-refractivity contribution in [3.05, 3.63) is 4.91 Å². The van der Waals surface area contributed by atoms with Crippen LogP contribution in [0.15, 0.2) is 0 Å². The van der Waals surface area contributed by atoms with Crippen LogP contribution in [0.25, 0.3) is 0 Å². The Morgan fingerprint density at radius 3 is 3.10 bits per heavy atom. The molecule has 0 spiro atoms. The number of hydrogen-bond donors (Lipinski definition) is 1. The van der Waals surface area contributed by atoms with Crippen molar-refractivity contribution >= 4 is 5.78 Å². The van der Waals surface area contributed by atoms with Crippen LogP contribution in [0, 0.1) is 4.91 Å². The molecule has 1 rings (SSSR count). The van der Waals surface area contributed by atoms with E-state index >= 15 is 0 Å². The van der Waals surface area contributed by atoms with Crippen molar-refractivity contribution in [2.24, 2.45) is 0 Å². The van der Waals surface area contributed by atoms with Crippen molar-refractivity contribution in [1.29, 1.82) is 0 Å². The highest BCUT2D eigenvalue weighted by molar-refractivity contribution is 5.81. The predicted octanol–water partition coefficient (Wildman–Crippen LogP) is -0.672. The first kappa shape index (κ1) is 7.34. The van der Waals surface area contributed by atoms with Gasteiger partial charge >= 0.3 is 0 Å². The zero-order chi connectivity index (χ0) is 7.40. The Bertz CT molecular complexity index is 140. The van der Waals surface area contributed by atoms with Gasteiger partial charge in [-0.25, -0.2) is 0 Å². The fourth-order valence-corrected chi connectivity index (χ4v) is 0.940. The van der Waals surface area contributed by atoms with E-state index in [9.17, 15) is 9.70 Å². The highest BCUT2D eigenvalue weighted by Crippen LogP contribution is 1.85.